The van der Waals surface area contributed by atoms with E-state index < -0.39 is 22.0 Å². The Bertz CT molecular complexity index is 916. The molecule has 27 heavy (non-hydrogen) atoms. The van der Waals surface area contributed by atoms with Crippen LogP contribution in [0.25, 0.3) is 11.3 Å². The van der Waals surface area contributed by atoms with Gasteiger partial charge in [0.2, 0.25) is 15.8 Å². The molecular weight excluding hydrogens is 381 g/mol. The fourth-order valence-electron chi connectivity index (χ4n) is 3.38. The third-order valence-corrected chi connectivity index (χ3v) is 7.07. The summed E-state index contributed by atoms with van der Waals surface area (Å²) in [5.41, 5.74) is 0.732. The van der Waals surface area contributed by atoms with Gasteiger partial charge >= 0.3 is 6.18 Å². The molecule has 5 nitrogen and oxygen atoms in total. The highest BCUT2D eigenvalue weighted by molar-refractivity contribution is 7.89. The van der Waals surface area contributed by atoms with Gasteiger partial charge in [0.25, 0.3) is 0 Å². The highest BCUT2D eigenvalue weighted by Crippen LogP contribution is 2.34. The number of aryl methyl sites for hydroxylation is 1. The second kappa shape index (κ2) is 7.27. The van der Waals surface area contributed by atoms with Crippen LogP contribution in [0.2, 0.25) is 0 Å². The van der Waals surface area contributed by atoms with E-state index >= 15 is 0 Å². The lowest BCUT2D eigenvalue weighted by molar-refractivity contribution is -0.155. The summed E-state index contributed by atoms with van der Waals surface area (Å²) in [6.45, 7) is 1.66. The van der Waals surface area contributed by atoms with Crippen molar-refractivity contribution in [1.29, 1.82) is 0 Å². The maximum absolute atomic E-state index is 13.1. The van der Waals surface area contributed by atoms with E-state index in [1.807, 2.05) is 0 Å². The normalized spacial score (nSPS) is 16.8. The topological polar surface area (TPSA) is 63.4 Å². The lowest BCUT2D eigenvalue weighted by atomic mass is 9.96. The summed E-state index contributed by atoms with van der Waals surface area (Å²) in [6.07, 6.45) is 0.0590. The zero-order valence-electron chi connectivity index (χ0n) is 15.1. The number of aromatic nitrogens is 1. The van der Waals surface area contributed by atoms with E-state index in [0.717, 1.165) is 38.2 Å². The molecule has 1 aromatic heterocycles. The van der Waals surface area contributed by atoms with Crippen molar-refractivity contribution in [3.8, 4) is 11.3 Å². The van der Waals surface area contributed by atoms with Crippen molar-refractivity contribution in [2.75, 3.05) is 7.05 Å². The second-order valence-electron chi connectivity index (χ2n) is 6.87. The fourth-order valence-corrected chi connectivity index (χ4v) is 5.04. The van der Waals surface area contributed by atoms with Crippen LogP contribution in [0.4, 0.5) is 13.2 Å². The number of hydrogen-bond acceptors (Lipinski definition) is 4. The Morgan fingerprint density at radius 3 is 2.41 bits per heavy atom. The maximum Gasteiger partial charge on any atom is 0.452 e. The molecule has 1 aliphatic rings. The Balaban J connectivity index is 1.96. The van der Waals surface area contributed by atoms with Crippen LogP contribution in [0.3, 0.4) is 0 Å². The van der Waals surface area contributed by atoms with Gasteiger partial charge in [0.1, 0.15) is 5.69 Å². The van der Waals surface area contributed by atoms with Gasteiger partial charge in [-0.3, -0.25) is 0 Å². The smallest absolute Gasteiger partial charge is 0.351 e. The molecule has 0 atom stereocenters. The first-order chi connectivity index (χ1) is 12.6. The average Bonchev–Trinajstić information content (AvgIpc) is 3.12. The molecule has 0 spiro atoms. The first kappa shape index (κ1) is 19.9. The third-order valence-electron chi connectivity index (χ3n) is 5.02. The SMILES string of the molecule is Cc1ccc(-c2cc(C(F)(F)F)on2)cc1S(=O)(=O)N(C)C1CCCCC1. The molecule has 0 bridgehead atoms. The van der Waals surface area contributed by atoms with E-state index in [1.165, 1.54) is 16.4 Å². The summed E-state index contributed by atoms with van der Waals surface area (Å²) in [7, 11) is -2.20. The highest BCUT2D eigenvalue weighted by atomic mass is 32.2. The van der Waals surface area contributed by atoms with E-state index in [1.54, 1.807) is 20.0 Å². The molecule has 9 heteroatoms. The van der Waals surface area contributed by atoms with Crippen molar-refractivity contribution >= 4 is 10.0 Å². The van der Waals surface area contributed by atoms with Gasteiger partial charge in [0.05, 0.1) is 4.90 Å². The van der Waals surface area contributed by atoms with Crippen molar-refractivity contribution < 1.29 is 26.1 Å². The summed E-state index contributed by atoms with van der Waals surface area (Å²) < 4.78 is 70.1. The third kappa shape index (κ3) is 4.03. The molecule has 3 rings (SSSR count). The molecule has 0 radical (unpaired) electrons. The second-order valence-corrected chi connectivity index (χ2v) is 8.83. The Labute approximate surface area is 156 Å². The van der Waals surface area contributed by atoms with Crippen LogP contribution in [-0.4, -0.2) is 31.0 Å². The molecule has 1 fully saturated rings. The first-order valence-electron chi connectivity index (χ1n) is 8.73. The van der Waals surface area contributed by atoms with Crippen molar-refractivity contribution in [1.82, 2.24) is 9.46 Å². The minimum Gasteiger partial charge on any atom is -0.351 e. The van der Waals surface area contributed by atoms with Gasteiger partial charge in [-0.25, -0.2) is 8.42 Å². The standard InChI is InChI=1S/C18H21F3N2O3S/c1-12-8-9-13(15-11-17(26-22-15)18(19,20)21)10-16(12)27(24,25)23(2)14-6-4-3-5-7-14/h8-11,14H,3-7H2,1-2H3. The Hall–Kier alpha value is -1.87. The maximum atomic E-state index is 13.1. The minimum atomic E-state index is -4.65. The first-order valence-corrected chi connectivity index (χ1v) is 10.2. The van der Waals surface area contributed by atoms with Gasteiger partial charge in [0, 0.05) is 24.7 Å². The molecule has 0 unspecified atom stereocenters. The highest BCUT2D eigenvalue weighted by Gasteiger charge is 2.36. The van der Waals surface area contributed by atoms with E-state index in [2.05, 4.69) is 9.68 Å². The van der Waals surface area contributed by atoms with Crippen LogP contribution < -0.4 is 0 Å². The van der Waals surface area contributed by atoms with Gasteiger partial charge in [0.15, 0.2) is 0 Å². The minimum absolute atomic E-state index is 0.0564. The molecule has 0 saturated heterocycles. The summed E-state index contributed by atoms with van der Waals surface area (Å²) in [5.74, 6) is -1.22. The molecule has 2 aromatic rings. The van der Waals surface area contributed by atoms with Crippen molar-refractivity contribution in [2.24, 2.45) is 0 Å². The molecular formula is C18H21F3N2O3S. The van der Waals surface area contributed by atoms with Crippen LogP contribution in [-0.2, 0) is 16.2 Å². The van der Waals surface area contributed by atoms with Gasteiger partial charge in [-0.15, -0.1) is 0 Å². The molecule has 1 heterocycles. The molecule has 0 N–H and O–H groups in total. The number of alkyl halides is 3. The number of halogens is 3. The fraction of sp³-hybridized carbons (Fsp3) is 0.500. The molecule has 1 saturated carbocycles. The number of hydrogen-bond donors (Lipinski definition) is 0. The van der Waals surface area contributed by atoms with Crippen LogP contribution in [0.5, 0.6) is 0 Å². The predicted molar refractivity (Wildman–Crippen MR) is 93.5 cm³/mol. The zero-order chi connectivity index (χ0) is 19.8. The Kier molecular flexibility index (Phi) is 5.36. The summed E-state index contributed by atoms with van der Waals surface area (Å²) >= 11 is 0. The molecule has 0 aliphatic heterocycles. The van der Waals surface area contributed by atoms with Crippen LogP contribution in [0.1, 0.15) is 43.4 Å². The monoisotopic (exact) mass is 402 g/mol. The number of sulfonamides is 1. The van der Waals surface area contributed by atoms with E-state index in [0.29, 0.717) is 5.56 Å². The quantitative estimate of drug-likeness (QED) is 0.749. The number of benzene rings is 1. The largest absolute Gasteiger partial charge is 0.452 e. The van der Waals surface area contributed by atoms with Crippen LogP contribution >= 0.6 is 0 Å². The van der Waals surface area contributed by atoms with Gasteiger partial charge in [-0.2, -0.15) is 17.5 Å². The molecule has 1 aliphatic carbocycles. The van der Waals surface area contributed by atoms with E-state index in [9.17, 15) is 21.6 Å². The van der Waals surface area contributed by atoms with Crippen LogP contribution in [0.15, 0.2) is 33.7 Å². The van der Waals surface area contributed by atoms with Crippen molar-refractivity contribution in [3.63, 3.8) is 0 Å². The Morgan fingerprint density at radius 2 is 1.81 bits per heavy atom. The van der Waals surface area contributed by atoms with Crippen molar-refractivity contribution in [2.45, 2.75) is 56.1 Å². The Morgan fingerprint density at radius 1 is 1.15 bits per heavy atom. The van der Waals surface area contributed by atoms with Gasteiger partial charge in [-0.05, 0) is 31.4 Å². The zero-order valence-corrected chi connectivity index (χ0v) is 15.9. The lowest BCUT2D eigenvalue weighted by Crippen LogP contribution is -2.38. The summed E-state index contributed by atoms with van der Waals surface area (Å²) in [4.78, 5) is 0.0737. The summed E-state index contributed by atoms with van der Waals surface area (Å²) in [6, 6.07) is 5.18. The lowest BCUT2D eigenvalue weighted by Gasteiger charge is -2.30. The van der Waals surface area contributed by atoms with Gasteiger partial charge in [-0.1, -0.05) is 36.6 Å². The molecule has 148 valence electrons. The van der Waals surface area contributed by atoms with E-state index in [-0.39, 0.29) is 22.2 Å². The van der Waals surface area contributed by atoms with Crippen molar-refractivity contribution in [3.05, 3.63) is 35.6 Å². The molecule has 1 aromatic carbocycles. The number of rotatable bonds is 4. The summed E-state index contributed by atoms with van der Waals surface area (Å²) in [5, 5.41) is 3.44. The number of nitrogens with zero attached hydrogens (tertiary/aromatic N) is 2. The van der Waals surface area contributed by atoms with E-state index in [4.69, 9.17) is 0 Å². The van der Waals surface area contributed by atoms with Gasteiger partial charge < -0.3 is 4.52 Å². The average molecular weight is 402 g/mol. The molecule has 0 amide bonds. The predicted octanol–water partition coefficient (Wildman–Crippen LogP) is 4.62. The van der Waals surface area contributed by atoms with Crippen LogP contribution in [0, 0.1) is 6.92 Å².